The number of halogens is 1. The van der Waals surface area contributed by atoms with Gasteiger partial charge in [-0.15, -0.1) is 11.3 Å². The highest BCUT2D eigenvalue weighted by Crippen LogP contribution is 2.30. The predicted octanol–water partition coefficient (Wildman–Crippen LogP) is 2.81. The predicted molar refractivity (Wildman–Crippen MR) is 103 cm³/mol. The maximum atomic E-state index is 13.9. The van der Waals surface area contributed by atoms with Crippen molar-refractivity contribution in [1.82, 2.24) is 15.1 Å². The van der Waals surface area contributed by atoms with E-state index in [2.05, 4.69) is 16.3 Å². The van der Waals surface area contributed by atoms with E-state index in [4.69, 9.17) is 0 Å². The number of hydrogen-bond donors (Lipinski definition) is 1. The van der Waals surface area contributed by atoms with Crippen molar-refractivity contribution in [1.29, 1.82) is 0 Å². The van der Waals surface area contributed by atoms with Crippen molar-refractivity contribution in [2.24, 2.45) is 5.92 Å². The Kier molecular flexibility index (Phi) is 5.33. The van der Waals surface area contributed by atoms with Gasteiger partial charge >= 0.3 is 0 Å². The zero-order chi connectivity index (χ0) is 17.9. The normalized spacial score (nSPS) is 21.3. The van der Waals surface area contributed by atoms with Crippen LogP contribution in [0.1, 0.15) is 11.3 Å². The maximum absolute atomic E-state index is 13.9. The molecule has 1 aromatic heterocycles. The Labute approximate surface area is 157 Å². The van der Waals surface area contributed by atoms with Crippen LogP contribution >= 0.6 is 11.3 Å². The fourth-order valence-corrected chi connectivity index (χ4v) is 4.82. The summed E-state index contributed by atoms with van der Waals surface area (Å²) in [7, 11) is 0. The summed E-state index contributed by atoms with van der Waals surface area (Å²) in [4.78, 5) is 19.1. The van der Waals surface area contributed by atoms with Gasteiger partial charge in [0.25, 0.3) is 0 Å². The summed E-state index contributed by atoms with van der Waals surface area (Å²) in [6.45, 7) is 6.07. The molecule has 2 aromatic rings. The summed E-state index contributed by atoms with van der Waals surface area (Å²) in [5.74, 6) is 0.309. The number of nitrogens with zero attached hydrogens (tertiary/aromatic N) is 2. The first-order valence-corrected chi connectivity index (χ1v) is 10.1. The third-order valence-corrected chi connectivity index (χ3v) is 6.38. The van der Waals surface area contributed by atoms with Gasteiger partial charge in [0, 0.05) is 54.6 Å². The molecular formula is C20H24FN3OS. The monoisotopic (exact) mass is 373 g/mol. The molecule has 1 atom stereocenters. The number of carbonyl (C=O) groups is 1. The number of hydrogen-bond acceptors (Lipinski definition) is 4. The lowest BCUT2D eigenvalue weighted by Gasteiger charge is -2.35. The van der Waals surface area contributed by atoms with Crippen LogP contribution in [0.5, 0.6) is 0 Å². The van der Waals surface area contributed by atoms with E-state index in [1.165, 1.54) is 10.9 Å². The SMILES string of the molecule is O=C(C1CCNC1)N1CCN(Cc2ccc(-c3ccccc3F)s2)CC1. The van der Waals surface area contributed by atoms with Crippen molar-refractivity contribution < 1.29 is 9.18 Å². The van der Waals surface area contributed by atoms with Gasteiger partial charge in [0.2, 0.25) is 5.91 Å². The molecule has 1 aromatic carbocycles. The van der Waals surface area contributed by atoms with Crippen molar-refractivity contribution >= 4 is 17.2 Å². The highest BCUT2D eigenvalue weighted by atomic mass is 32.1. The van der Waals surface area contributed by atoms with Gasteiger partial charge in [-0.2, -0.15) is 0 Å². The maximum Gasteiger partial charge on any atom is 0.227 e. The topological polar surface area (TPSA) is 35.6 Å². The second kappa shape index (κ2) is 7.86. The number of rotatable bonds is 4. The Morgan fingerprint density at radius 1 is 1.15 bits per heavy atom. The molecule has 2 aliphatic heterocycles. The number of piperazine rings is 1. The van der Waals surface area contributed by atoms with Gasteiger partial charge in [0.15, 0.2) is 0 Å². The van der Waals surface area contributed by atoms with E-state index in [9.17, 15) is 9.18 Å². The van der Waals surface area contributed by atoms with Crippen molar-refractivity contribution in [3.05, 3.63) is 47.1 Å². The molecule has 2 fully saturated rings. The summed E-state index contributed by atoms with van der Waals surface area (Å²) < 4.78 is 13.9. The molecule has 4 nitrogen and oxygen atoms in total. The number of thiophene rings is 1. The average Bonchev–Trinajstić information content (AvgIpc) is 3.34. The van der Waals surface area contributed by atoms with Crippen LogP contribution in [0.15, 0.2) is 36.4 Å². The number of nitrogens with one attached hydrogen (secondary N) is 1. The Balaban J connectivity index is 1.32. The minimum atomic E-state index is -0.172. The largest absolute Gasteiger partial charge is 0.340 e. The molecule has 6 heteroatoms. The first kappa shape index (κ1) is 17.6. The Morgan fingerprint density at radius 3 is 2.69 bits per heavy atom. The lowest BCUT2D eigenvalue weighted by molar-refractivity contribution is -0.136. The summed E-state index contributed by atoms with van der Waals surface area (Å²) in [6, 6.07) is 11.0. The van der Waals surface area contributed by atoms with Crippen LogP contribution in [0.2, 0.25) is 0 Å². The standard InChI is InChI=1S/C20H24FN3OS/c21-18-4-2-1-3-17(18)19-6-5-16(26-19)14-23-9-11-24(12-10-23)20(25)15-7-8-22-13-15/h1-6,15,22H,7-14H2. The van der Waals surface area contributed by atoms with Gasteiger partial charge in [-0.1, -0.05) is 18.2 Å². The molecule has 2 aliphatic rings. The molecule has 2 saturated heterocycles. The van der Waals surface area contributed by atoms with Gasteiger partial charge < -0.3 is 10.2 Å². The van der Waals surface area contributed by atoms with Crippen LogP contribution in [0, 0.1) is 11.7 Å². The average molecular weight is 373 g/mol. The van der Waals surface area contributed by atoms with E-state index >= 15 is 0 Å². The molecule has 0 saturated carbocycles. The fraction of sp³-hybridized carbons (Fsp3) is 0.450. The van der Waals surface area contributed by atoms with Crippen LogP contribution < -0.4 is 5.32 Å². The third-order valence-electron chi connectivity index (χ3n) is 5.27. The zero-order valence-electron chi connectivity index (χ0n) is 14.8. The van der Waals surface area contributed by atoms with E-state index in [0.29, 0.717) is 11.5 Å². The molecule has 1 amide bonds. The molecule has 4 rings (SSSR count). The van der Waals surface area contributed by atoms with Crippen molar-refractivity contribution in [3.8, 4) is 10.4 Å². The summed E-state index contributed by atoms with van der Waals surface area (Å²) in [5.41, 5.74) is 0.671. The molecule has 0 radical (unpaired) electrons. The van der Waals surface area contributed by atoms with E-state index < -0.39 is 0 Å². The quantitative estimate of drug-likeness (QED) is 0.895. The van der Waals surface area contributed by atoms with Crippen LogP contribution in [-0.2, 0) is 11.3 Å². The molecule has 26 heavy (non-hydrogen) atoms. The third kappa shape index (κ3) is 3.82. The molecule has 1 N–H and O–H groups in total. The van der Waals surface area contributed by atoms with Gasteiger partial charge in [0.05, 0.1) is 5.92 Å². The van der Waals surface area contributed by atoms with E-state index in [-0.39, 0.29) is 11.7 Å². The first-order valence-electron chi connectivity index (χ1n) is 9.26. The lowest BCUT2D eigenvalue weighted by atomic mass is 10.1. The number of benzene rings is 1. The van der Waals surface area contributed by atoms with Crippen molar-refractivity contribution in [3.63, 3.8) is 0 Å². The molecule has 1 unspecified atom stereocenters. The minimum absolute atomic E-state index is 0.169. The van der Waals surface area contributed by atoms with Crippen LogP contribution in [0.3, 0.4) is 0 Å². The van der Waals surface area contributed by atoms with Crippen molar-refractivity contribution in [2.75, 3.05) is 39.3 Å². The molecule has 138 valence electrons. The summed E-state index contributed by atoms with van der Waals surface area (Å²) in [6.07, 6.45) is 0.965. The molecule has 3 heterocycles. The Hall–Kier alpha value is -1.76. The Bertz CT molecular complexity index is 764. The number of amides is 1. The zero-order valence-corrected chi connectivity index (χ0v) is 15.6. The van der Waals surface area contributed by atoms with Gasteiger partial charge in [-0.3, -0.25) is 9.69 Å². The van der Waals surface area contributed by atoms with Crippen LogP contribution in [-0.4, -0.2) is 55.0 Å². The van der Waals surface area contributed by atoms with Crippen LogP contribution in [0.4, 0.5) is 4.39 Å². The van der Waals surface area contributed by atoms with Gasteiger partial charge in [-0.25, -0.2) is 4.39 Å². The highest BCUT2D eigenvalue weighted by molar-refractivity contribution is 7.15. The van der Waals surface area contributed by atoms with E-state index in [1.807, 2.05) is 23.1 Å². The van der Waals surface area contributed by atoms with E-state index in [1.54, 1.807) is 17.4 Å². The summed E-state index contributed by atoms with van der Waals surface area (Å²) >= 11 is 1.65. The smallest absolute Gasteiger partial charge is 0.227 e. The van der Waals surface area contributed by atoms with E-state index in [0.717, 1.165) is 57.1 Å². The second-order valence-electron chi connectivity index (χ2n) is 7.04. The van der Waals surface area contributed by atoms with Gasteiger partial charge in [0.1, 0.15) is 5.82 Å². The Morgan fingerprint density at radius 2 is 1.96 bits per heavy atom. The van der Waals surface area contributed by atoms with Gasteiger partial charge in [-0.05, 0) is 31.2 Å². The first-order chi connectivity index (χ1) is 12.7. The minimum Gasteiger partial charge on any atom is -0.340 e. The van der Waals surface area contributed by atoms with Crippen molar-refractivity contribution in [2.45, 2.75) is 13.0 Å². The van der Waals surface area contributed by atoms with Crippen LogP contribution in [0.25, 0.3) is 10.4 Å². The highest BCUT2D eigenvalue weighted by Gasteiger charge is 2.29. The summed E-state index contributed by atoms with van der Waals surface area (Å²) in [5, 5.41) is 3.27. The molecule has 0 spiro atoms. The number of carbonyl (C=O) groups excluding carboxylic acids is 1. The molecular weight excluding hydrogens is 349 g/mol. The fourth-order valence-electron chi connectivity index (χ4n) is 3.74. The lowest BCUT2D eigenvalue weighted by Crippen LogP contribution is -2.50. The molecule has 0 aliphatic carbocycles. The second-order valence-corrected chi connectivity index (χ2v) is 8.21. The molecule has 0 bridgehead atoms.